The van der Waals surface area contributed by atoms with Crippen molar-refractivity contribution in [3.8, 4) is 17.0 Å². The maximum Gasteiger partial charge on any atom is 0.177 e. The standard InChI is InChI=1S/C18H22N6O/c1-2-25-14-5-3-13(4-6-14)16-12-24-18(21-16)15(19)11-17(22-24)23-9-7-20-8-10-23/h3-6,11-12,20H,2,7-10,19H2,1H3. The van der Waals surface area contributed by atoms with Gasteiger partial charge in [0.2, 0.25) is 0 Å². The van der Waals surface area contributed by atoms with E-state index in [9.17, 15) is 0 Å². The Labute approximate surface area is 146 Å². The summed E-state index contributed by atoms with van der Waals surface area (Å²) < 4.78 is 7.27. The van der Waals surface area contributed by atoms with E-state index in [1.54, 1.807) is 4.52 Å². The minimum atomic E-state index is 0.640. The number of aromatic nitrogens is 3. The lowest BCUT2D eigenvalue weighted by Gasteiger charge is -2.28. The minimum Gasteiger partial charge on any atom is -0.494 e. The van der Waals surface area contributed by atoms with Crippen molar-refractivity contribution in [3.63, 3.8) is 0 Å². The van der Waals surface area contributed by atoms with Crippen LogP contribution in [0.2, 0.25) is 0 Å². The Kier molecular flexibility index (Phi) is 4.15. The topological polar surface area (TPSA) is 80.7 Å². The number of nitrogens with one attached hydrogen (secondary N) is 1. The zero-order valence-corrected chi connectivity index (χ0v) is 14.3. The van der Waals surface area contributed by atoms with Crippen LogP contribution < -0.4 is 20.7 Å². The largest absolute Gasteiger partial charge is 0.494 e. The predicted molar refractivity (Wildman–Crippen MR) is 99.1 cm³/mol. The van der Waals surface area contributed by atoms with Crippen LogP contribution in [0.1, 0.15) is 6.92 Å². The molecule has 1 aromatic carbocycles. The van der Waals surface area contributed by atoms with Crippen molar-refractivity contribution < 1.29 is 4.74 Å². The van der Waals surface area contributed by atoms with Gasteiger partial charge >= 0.3 is 0 Å². The second kappa shape index (κ2) is 6.60. The molecule has 0 amide bonds. The Balaban J connectivity index is 1.68. The molecule has 7 nitrogen and oxygen atoms in total. The molecule has 0 bridgehead atoms. The number of fused-ring (bicyclic) bond motifs is 1. The highest BCUT2D eigenvalue weighted by Crippen LogP contribution is 2.25. The van der Waals surface area contributed by atoms with Crippen molar-refractivity contribution in [1.29, 1.82) is 0 Å². The summed E-state index contributed by atoms with van der Waals surface area (Å²) in [4.78, 5) is 6.89. The van der Waals surface area contributed by atoms with E-state index < -0.39 is 0 Å². The van der Waals surface area contributed by atoms with Gasteiger partial charge in [-0.1, -0.05) is 0 Å². The number of nitrogen functional groups attached to an aromatic ring is 1. The molecule has 0 saturated carbocycles. The van der Waals surface area contributed by atoms with Crippen LogP contribution in [0.5, 0.6) is 5.75 Å². The van der Waals surface area contributed by atoms with E-state index in [-0.39, 0.29) is 0 Å². The molecule has 1 fully saturated rings. The van der Waals surface area contributed by atoms with Crippen LogP contribution in [0, 0.1) is 0 Å². The number of imidazole rings is 1. The zero-order valence-electron chi connectivity index (χ0n) is 14.3. The molecule has 3 heterocycles. The summed E-state index contributed by atoms with van der Waals surface area (Å²) in [5, 5.41) is 8.05. The average molecular weight is 338 g/mol. The summed E-state index contributed by atoms with van der Waals surface area (Å²) in [6.45, 7) is 6.40. The van der Waals surface area contributed by atoms with Crippen LogP contribution >= 0.6 is 0 Å². The first-order valence-corrected chi connectivity index (χ1v) is 8.59. The zero-order chi connectivity index (χ0) is 17.2. The van der Waals surface area contributed by atoms with Gasteiger partial charge in [0.15, 0.2) is 11.5 Å². The van der Waals surface area contributed by atoms with Crippen molar-refractivity contribution in [1.82, 2.24) is 19.9 Å². The van der Waals surface area contributed by atoms with E-state index in [0.29, 0.717) is 17.9 Å². The van der Waals surface area contributed by atoms with Crippen molar-refractivity contribution in [2.75, 3.05) is 43.4 Å². The smallest absolute Gasteiger partial charge is 0.177 e. The summed E-state index contributed by atoms with van der Waals surface area (Å²) >= 11 is 0. The molecule has 4 rings (SSSR count). The van der Waals surface area contributed by atoms with Crippen LogP contribution in [0.4, 0.5) is 11.5 Å². The monoisotopic (exact) mass is 338 g/mol. The number of piperazine rings is 1. The third-order valence-corrected chi connectivity index (χ3v) is 4.34. The lowest BCUT2D eigenvalue weighted by atomic mass is 10.2. The lowest BCUT2D eigenvalue weighted by Crippen LogP contribution is -2.44. The fourth-order valence-electron chi connectivity index (χ4n) is 3.06. The molecular weight excluding hydrogens is 316 g/mol. The molecular formula is C18H22N6O. The maximum atomic E-state index is 6.23. The Bertz CT molecular complexity index is 867. The van der Waals surface area contributed by atoms with E-state index in [1.165, 1.54) is 0 Å². The molecule has 25 heavy (non-hydrogen) atoms. The van der Waals surface area contributed by atoms with Gasteiger partial charge in [-0.15, -0.1) is 5.10 Å². The third kappa shape index (κ3) is 3.10. The number of rotatable bonds is 4. The van der Waals surface area contributed by atoms with E-state index in [0.717, 1.165) is 49.0 Å². The highest BCUT2D eigenvalue weighted by atomic mass is 16.5. The molecule has 0 spiro atoms. The van der Waals surface area contributed by atoms with E-state index >= 15 is 0 Å². The van der Waals surface area contributed by atoms with Crippen LogP contribution in [-0.2, 0) is 0 Å². The molecule has 1 aliphatic heterocycles. The molecule has 1 aliphatic rings. The van der Waals surface area contributed by atoms with Crippen LogP contribution in [0.25, 0.3) is 16.9 Å². The molecule has 0 aliphatic carbocycles. The van der Waals surface area contributed by atoms with Gasteiger partial charge in [0.05, 0.1) is 24.2 Å². The van der Waals surface area contributed by atoms with Crippen LogP contribution in [0.3, 0.4) is 0 Å². The number of anilines is 2. The number of nitrogens with zero attached hydrogens (tertiary/aromatic N) is 4. The number of hydrogen-bond acceptors (Lipinski definition) is 6. The Morgan fingerprint density at radius 1 is 1.20 bits per heavy atom. The van der Waals surface area contributed by atoms with E-state index in [1.807, 2.05) is 43.5 Å². The summed E-state index contributed by atoms with van der Waals surface area (Å²) in [7, 11) is 0. The summed E-state index contributed by atoms with van der Waals surface area (Å²) in [5.74, 6) is 1.75. The summed E-state index contributed by atoms with van der Waals surface area (Å²) in [5.41, 5.74) is 9.41. The average Bonchev–Trinajstić information content (AvgIpc) is 3.08. The summed E-state index contributed by atoms with van der Waals surface area (Å²) in [6.07, 6.45) is 1.92. The first kappa shape index (κ1) is 15.7. The van der Waals surface area contributed by atoms with Crippen molar-refractivity contribution in [2.45, 2.75) is 6.92 Å². The lowest BCUT2D eigenvalue weighted by molar-refractivity contribution is 0.340. The van der Waals surface area contributed by atoms with Gasteiger partial charge in [0.25, 0.3) is 0 Å². The van der Waals surface area contributed by atoms with Crippen LogP contribution in [0.15, 0.2) is 36.5 Å². The molecule has 3 aromatic rings. The molecule has 2 aromatic heterocycles. The van der Waals surface area contributed by atoms with Gasteiger partial charge in [0, 0.05) is 37.8 Å². The molecule has 7 heteroatoms. The van der Waals surface area contributed by atoms with Gasteiger partial charge in [-0.25, -0.2) is 9.50 Å². The molecule has 1 saturated heterocycles. The van der Waals surface area contributed by atoms with Crippen molar-refractivity contribution in [3.05, 3.63) is 36.5 Å². The van der Waals surface area contributed by atoms with E-state index in [4.69, 9.17) is 15.6 Å². The van der Waals surface area contributed by atoms with Gasteiger partial charge in [-0.05, 0) is 31.2 Å². The molecule has 0 atom stereocenters. The van der Waals surface area contributed by atoms with Crippen molar-refractivity contribution >= 4 is 17.2 Å². The molecule has 0 radical (unpaired) electrons. The second-order valence-corrected chi connectivity index (χ2v) is 6.05. The van der Waals surface area contributed by atoms with Gasteiger partial charge in [0.1, 0.15) is 5.75 Å². The van der Waals surface area contributed by atoms with E-state index in [2.05, 4.69) is 15.2 Å². The third-order valence-electron chi connectivity index (χ3n) is 4.34. The quantitative estimate of drug-likeness (QED) is 0.755. The maximum absolute atomic E-state index is 6.23. The SMILES string of the molecule is CCOc1ccc(-c2cn3nc(N4CCNCC4)cc(N)c3n2)cc1. The molecule has 130 valence electrons. The van der Waals surface area contributed by atoms with Gasteiger partial charge < -0.3 is 20.7 Å². The molecule has 3 N–H and O–H groups in total. The highest BCUT2D eigenvalue weighted by Gasteiger charge is 2.15. The highest BCUT2D eigenvalue weighted by molar-refractivity contribution is 5.72. The minimum absolute atomic E-state index is 0.640. The normalized spacial score (nSPS) is 14.8. The number of nitrogens with two attached hydrogens (primary N) is 1. The van der Waals surface area contributed by atoms with Gasteiger partial charge in [-0.2, -0.15) is 0 Å². The first-order valence-electron chi connectivity index (χ1n) is 8.59. The number of benzene rings is 1. The van der Waals surface area contributed by atoms with Crippen LogP contribution in [-0.4, -0.2) is 47.4 Å². The predicted octanol–water partition coefficient (Wildman–Crippen LogP) is 1.79. The second-order valence-electron chi connectivity index (χ2n) is 6.05. The Morgan fingerprint density at radius 3 is 2.68 bits per heavy atom. The molecule has 0 unspecified atom stereocenters. The Morgan fingerprint density at radius 2 is 1.96 bits per heavy atom. The Hall–Kier alpha value is -2.80. The van der Waals surface area contributed by atoms with Gasteiger partial charge in [-0.3, -0.25) is 0 Å². The first-order chi connectivity index (χ1) is 12.2. The fourth-order valence-corrected chi connectivity index (χ4v) is 3.06. The van der Waals surface area contributed by atoms with Crippen molar-refractivity contribution in [2.24, 2.45) is 0 Å². The summed E-state index contributed by atoms with van der Waals surface area (Å²) in [6, 6.07) is 9.81. The number of ether oxygens (including phenoxy) is 1. The number of hydrogen-bond donors (Lipinski definition) is 2. The fraction of sp³-hybridized carbons (Fsp3) is 0.333.